The van der Waals surface area contributed by atoms with Crippen molar-refractivity contribution in [3.8, 4) is 0 Å². The highest BCUT2D eigenvalue weighted by atomic mass is 35.5. The van der Waals surface area contributed by atoms with Gasteiger partial charge in [0.1, 0.15) is 5.82 Å². The molecule has 1 heterocycles. The second kappa shape index (κ2) is 11.0. The fourth-order valence-electron chi connectivity index (χ4n) is 6.31. The van der Waals surface area contributed by atoms with Crippen LogP contribution in [0.4, 0.5) is 4.39 Å². The van der Waals surface area contributed by atoms with Crippen LogP contribution < -0.4 is 0 Å². The Hall–Kier alpha value is -3.47. The number of halogens is 2. The van der Waals surface area contributed by atoms with Crippen LogP contribution in [-0.2, 0) is 30.6 Å². The molecular formula is C34H32ClFN2O. The molecule has 39 heavy (non-hydrogen) atoms. The van der Waals surface area contributed by atoms with E-state index in [0.29, 0.717) is 10.6 Å². The van der Waals surface area contributed by atoms with E-state index in [1.54, 1.807) is 12.1 Å². The van der Waals surface area contributed by atoms with Crippen molar-refractivity contribution in [2.24, 2.45) is 0 Å². The van der Waals surface area contributed by atoms with Crippen LogP contribution in [0.15, 0.2) is 91.0 Å². The van der Waals surface area contributed by atoms with Gasteiger partial charge >= 0.3 is 0 Å². The van der Waals surface area contributed by atoms with E-state index in [1.165, 1.54) is 28.3 Å². The smallest absolute Gasteiger partial charge is 0.237 e. The topological polar surface area (TPSA) is 23.6 Å². The van der Waals surface area contributed by atoms with Gasteiger partial charge in [-0.15, -0.1) is 0 Å². The molecule has 4 aromatic rings. The van der Waals surface area contributed by atoms with Crippen LogP contribution in [0, 0.1) is 12.7 Å². The lowest BCUT2D eigenvalue weighted by molar-refractivity contribution is -0.136. The molecule has 0 bridgehead atoms. The predicted molar refractivity (Wildman–Crippen MR) is 154 cm³/mol. The van der Waals surface area contributed by atoms with Crippen LogP contribution in [-0.4, -0.2) is 34.8 Å². The van der Waals surface area contributed by atoms with Gasteiger partial charge in [-0.1, -0.05) is 84.4 Å². The minimum absolute atomic E-state index is 0.00191. The Morgan fingerprint density at radius 2 is 1.56 bits per heavy atom. The predicted octanol–water partition coefficient (Wildman–Crippen LogP) is 6.93. The lowest BCUT2D eigenvalue weighted by Gasteiger charge is -2.40. The maximum absolute atomic E-state index is 14.8. The number of nitrogens with zero attached hydrogens (tertiary/aromatic N) is 2. The highest BCUT2D eigenvalue weighted by molar-refractivity contribution is 6.30. The van der Waals surface area contributed by atoms with E-state index in [4.69, 9.17) is 11.6 Å². The van der Waals surface area contributed by atoms with Gasteiger partial charge in [-0.25, -0.2) is 4.39 Å². The Labute approximate surface area is 234 Å². The minimum atomic E-state index is -0.273. The van der Waals surface area contributed by atoms with Gasteiger partial charge in [-0.05, 0) is 77.8 Å². The SMILES string of the molecule is Cc1ccc(Cl)cc1[C@@H]1c2ccccc2CCN1CC(=O)N(Cc1ccccc1F)C1Cc2ccccc2C1. The lowest BCUT2D eigenvalue weighted by Crippen LogP contribution is -2.48. The third-order valence-electron chi connectivity index (χ3n) is 8.35. The third-order valence-corrected chi connectivity index (χ3v) is 8.58. The number of hydrogen-bond acceptors (Lipinski definition) is 2. The van der Waals surface area contributed by atoms with Crippen molar-refractivity contribution < 1.29 is 9.18 Å². The first-order valence-electron chi connectivity index (χ1n) is 13.7. The van der Waals surface area contributed by atoms with E-state index < -0.39 is 0 Å². The molecule has 1 aliphatic heterocycles. The van der Waals surface area contributed by atoms with Gasteiger partial charge in [0.25, 0.3) is 0 Å². The Bertz CT molecular complexity index is 1490. The average Bonchev–Trinajstić information content (AvgIpc) is 3.38. The monoisotopic (exact) mass is 538 g/mol. The molecular weight excluding hydrogens is 507 g/mol. The summed E-state index contributed by atoms with van der Waals surface area (Å²) in [5.41, 5.74) is 7.88. The zero-order chi connectivity index (χ0) is 26.9. The molecule has 4 aromatic carbocycles. The first-order valence-corrected chi connectivity index (χ1v) is 14.0. The van der Waals surface area contributed by atoms with E-state index >= 15 is 0 Å². The second-order valence-corrected chi connectivity index (χ2v) is 11.2. The molecule has 1 atom stereocenters. The van der Waals surface area contributed by atoms with Crippen LogP contribution in [0.25, 0.3) is 0 Å². The summed E-state index contributed by atoms with van der Waals surface area (Å²) in [6, 6.07) is 29.6. The lowest BCUT2D eigenvalue weighted by atomic mass is 9.86. The highest BCUT2D eigenvalue weighted by Crippen LogP contribution is 2.38. The van der Waals surface area contributed by atoms with Gasteiger partial charge in [-0.3, -0.25) is 9.69 Å². The van der Waals surface area contributed by atoms with E-state index in [2.05, 4.69) is 54.3 Å². The number of fused-ring (bicyclic) bond motifs is 2. The molecule has 0 saturated carbocycles. The molecule has 0 unspecified atom stereocenters. The van der Waals surface area contributed by atoms with Gasteiger partial charge in [0.2, 0.25) is 5.91 Å². The van der Waals surface area contributed by atoms with Gasteiger partial charge in [0.05, 0.1) is 12.6 Å². The van der Waals surface area contributed by atoms with Crippen molar-refractivity contribution in [1.29, 1.82) is 0 Å². The normalized spacial score (nSPS) is 17.1. The molecule has 0 spiro atoms. The summed E-state index contributed by atoms with van der Waals surface area (Å²) in [7, 11) is 0. The number of aryl methyl sites for hydroxylation is 1. The number of hydrogen-bond donors (Lipinski definition) is 0. The van der Waals surface area contributed by atoms with E-state index in [1.807, 2.05) is 35.2 Å². The van der Waals surface area contributed by atoms with Crippen molar-refractivity contribution in [1.82, 2.24) is 9.80 Å². The largest absolute Gasteiger partial charge is 0.333 e. The van der Waals surface area contributed by atoms with Crippen molar-refractivity contribution >= 4 is 17.5 Å². The molecule has 0 fully saturated rings. The molecule has 5 heteroatoms. The summed E-state index contributed by atoms with van der Waals surface area (Å²) in [5, 5.41) is 0.690. The van der Waals surface area contributed by atoms with Crippen LogP contribution >= 0.6 is 11.6 Å². The second-order valence-electron chi connectivity index (χ2n) is 10.8. The van der Waals surface area contributed by atoms with Crippen molar-refractivity contribution in [2.75, 3.05) is 13.1 Å². The molecule has 0 N–H and O–H groups in total. The van der Waals surface area contributed by atoms with E-state index in [-0.39, 0.29) is 36.9 Å². The standard InChI is InChI=1S/C34H32ClFN2O/c1-23-14-15-28(35)20-31(23)34-30-12-6-4-8-24(30)16-17-37(34)22-33(39)38(21-27-11-5-7-13-32(27)36)29-18-25-9-2-3-10-26(25)19-29/h2-15,20,29,34H,16-19,21-22H2,1H3/t34-/m0/s1. The van der Waals surface area contributed by atoms with Gasteiger partial charge < -0.3 is 4.90 Å². The zero-order valence-corrected chi connectivity index (χ0v) is 22.9. The van der Waals surface area contributed by atoms with Gasteiger partial charge in [0, 0.05) is 29.7 Å². The Kier molecular flexibility index (Phi) is 7.24. The number of benzene rings is 4. The highest BCUT2D eigenvalue weighted by Gasteiger charge is 2.35. The van der Waals surface area contributed by atoms with Crippen molar-refractivity contribution in [2.45, 2.75) is 44.8 Å². The van der Waals surface area contributed by atoms with Crippen LogP contribution in [0.1, 0.15) is 45.0 Å². The molecule has 0 aromatic heterocycles. The summed E-state index contributed by atoms with van der Waals surface area (Å²) in [6.45, 7) is 3.38. The summed E-state index contributed by atoms with van der Waals surface area (Å²) < 4.78 is 14.8. The summed E-state index contributed by atoms with van der Waals surface area (Å²) in [5.74, 6) is -0.245. The zero-order valence-electron chi connectivity index (χ0n) is 22.1. The van der Waals surface area contributed by atoms with E-state index in [0.717, 1.165) is 36.9 Å². The molecule has 0 radical (unpaired) electrons. The number of carbonyl (C=O) groups excluding carboxylic acids is 1. The fourth-order valence-corrected chi connectivity index (χ4v) is 6.49. The molecule has 0 saturated heterocycles. The Morgan fingerprint density at radius 3 is 2.31 bits per heavy atom. The summed E-state index contributed by atoms with van der Waals surface area (Å²) in [6.07, 6.45) is 2.45. The summed E-state index contributed by atoms with van der Waals surface area (Å²) in [4.78, 5) is 18.4. The molecule has 198 valence electrons. The molecule has 1 aliphatic carbocycles. The van der Waals surface area contributed by atoms with Crippen LogP contribution in [0.2, 0.25) is 5.02 Å². The summed E-state index contributed by atoms with van der Waals surface area (Å²) >= 11 is 6.47. The maximum atomic E-state index is 14.8. The molecule has 2 aliphatic rings. The molecule has 3 nitrogen and oxygen atoms in total. The van der Waals surface area contributed by atoms with E-state index in [9.17, 15) is 9.18 Å². The quantitative estimate of drug-likeness (QED) is 0.266. The number of rotatable bonds is 6. The number of carbonyl (C=O) groups is 1. The maximum Gasteiger partial charge on any atom is 0.237 e. The Balaban J connectivity index is 1.34. The minimum Gasteiger partial charge on any atom is -0.333 e. The van der Waals surface area contributed by atoms with Crippen LogP contribution in [0.3, 0.4) is 0 Å². The average molecular weight is 539 g/mol. The number of amides is 1. The van der Waals surface area contributed by atoms with Crippen molar-refractivity contribution in [3.63, 3.8) is 0 Å². The van der Waals surface area contributed by atoms with Gasteiger partial charge in [-0.2, -0.15) is 0 Å². The third kappa shape index (κ3) is 5.24. The van der Waals surface area contributed by atoms with Crippen LogP contribution in [0.5, 0.6) is 0 Å². The Morgan fingerprint density at radius 1 is 0.897 bits per heavy atom. The molecule has 6 rings (SSSR count). The first-order chi connectivity index (χ1) is 19.0. The fraction of sp³-hybridized carbons (Fsp3) is 0.265. The molecule has 1 amide bonds. The van der Waals surface area contributed by atoms with Gasteiger partial charge in [0.15, 0.2) is 0 Å². The first kappa shape index (κ1) is 25.8. The van der Waals surface area contributed by atoms with Crippen molar-refractivity contribution in [3.05, 3.63) is 141 Å².